The molecule has 0 aliphatic rings. The highest BCUT2D eigenvalue weighted by molar-refractivity contribution is 5.41. The Bertz CT molecular complexity index is 248. The number of hydrogen-bond donors (Lipinski definition) is 2. The van der Waals surface area contributed by atoms with E-state index in [-0.39, 0.29) is 12.5 Å². The Kier molecular flexibility index (Phi) is 2.33. The molecule has 0 aliphatic carbocycles. The van der Waals surface area contributed by atoms with Gasteiger partial charge in [-0.15, -0.1) is 0 Å². The maximum atomic E-state index is 9.19. The molecule has 0 saturated carbocycles. The van der Waals surface area contributed by atoms with E-state index in [9.17, 15) is 5.11 Å². The SMILES string of the molecule is Cc1ccc(O)c(OCN)c1. The molecule has 3 N–H and O–H groups in total. The third kappa shape index (κ3) is 1.85. The molecule has 0 aromatic heterocycles. The fourth-order valence-corrected chi connectivity index (χ4v) is 0.827. The zero-order valence-corrected chi connectivity index (χ0v) is 6.37. The van der Waals surface area contributed by atoms with Crippen molar-refractivity contribution in [2.24, 2.45) is 5.73 Å². The minimum absolute atomic E-state index is 0.0804. The van der Waals surface area contributed by atoms with Gasteiger partial charge < -0.3 is 9.84 Å². The largest absolute Gasteiger partial charge is 0.504 e. The van der Waals surface area contributed by atoms with Gasteiger partial charge in [0.05, 0.1) is 0 Å². The van der Waals surface area contributed by atoms with E-state index in [4.69, 9.17) is 10.5 Å². The van der Waals surface area contributed by atoms with Gasteiger partial charge in [-0.2, -0.15) is 0 Å². The van der Waals surface area contributed by atoms with Crippen molar-refractivity contribution in [2.75, 3.05) is 6.73 Å². The number of ether oxygens (including phenoxy) is 1. The zero-order valence-electron chi connectivity index (χ0n) is 6.37. The van der Waals surface area contributed by atoms with E-state index in [1.807, 2.05) is 6.92 Å². The van der Waals surface area contributed by atoms with Crippen LogP contribution in [0.25, 0.3) is 0 Å². The first-order valence-electron chi connectivity index (χ1n) is 3.36. The number of benzene rings is 1. The summed E-state index contributed by atoms with van der Waals surface area (Å²) in [4.78, 5) is 0. The van der Waals surface area contributed by atoms with E-state index >= 15 is 0 Å². The number of aryl methyl sites for hydroxylation is 1. The molecule has 0 atom stereocenters. The molecule has 0 heterocycles. The van der Waals surface area contributed by atoms with Crippen molar-refractivity contribution in [2.45, 2.75) is 6.92 Å². The van der Waals surface area contributed by atoms with Crippen molar-refractivity contribution in [1.29, 1.82) is 0 Å². The summed E-state index contributed by atoms with van der Waals surface area (Å²) >= 11 is 0. The average Bonchev–Trinajstić information content (AvgIpc) is 1.98. The Morgan fingerprint density at radius 3 is 2.91 bits per heavy atom. The van der Waals surface area contributed by atoms with E-state index < -0.39 is 0 Å². The van der Waals surface area contributed by atoms with Crippen LogP contribution < -0.4 is 10.5 Å². The van der Waals surface area contributed by atoms with Crippen molar-refractivity contribution in [1.82, 2.24) is 0 Å². The van der Waals surface area contributed by atoms with E-state index in [1.54, 1.807) is 18.2 Å². The van der Waals surface area contributed by atoms with Gasteiger partial charge in [-0.05, 0) is 24.6 Å². The predicted molar refractivity (Wildman–Crippen MR) is 42.5 cm³/mol. The number of hydrogen-bond acceptors (Lipinski definition) is 3. The van der Waals surface area contributed by atoms with Crippen molar-refractivity contribution in [3.63, 3.8) is 0 Å². The quantitative estimate of drug-likeness (QED) is 0.623. The fraction of sp³-hybridized carbons (Fsp3) is 0.250. The van der Waals surface area contributed by atoms with Crippen LogP contribution in [0.15, 0.2) is 18.2 Å². The second-order valence-electron chi connectivity index (χ2n) is 2.28. The summed E-state index contributed by atoms with van der Waals surface area (Å²) in [5.41, 5.74) is 6.18. The van der Waals surface area contributed by atoms with Gasteiger partial charge in [-0.1, -0.05) is 6.07 Å². The maximum absolute atomic E-state index is 9.19. The van der Waals surface area contributed by atoms with Gasteiger partial charge in [0.2, 0.25) is 0 Å². The molecule has 0 bridgehead atoms. The summed E-state index contributed by atoms with van der Waals surface area (Å²) in [6.45, 7) is 2.00. The Hall–Kier alpha value is -1.22. The van der Waals surface area contributed by atoms with Gasteiger partial charge in [0.25, 0.3) is 0 Å². The minimum atomic E-state index is 0.0804. The van der Waals surface area contributed by atoms with Crippen molar-refractivity contribution < 1.29 is 9.84 Å². The van der Waals surface area contributed by atoms with Crippen LogP contribution in [0, 0.1) is 6.92 Å². The molecule has 0 aliphatic heterocycles. The summed E-state index contributed by atoms with van der Waals surface area (Å²) in [7, 11) is 0. The molecule has 0 saturated heterocycles. The molecular formula is C8H11NO2. The molecule has 3 nitrogen and oxygen atoms in total. The van der Waals surface area contributed by atoms with Crippen molar-refractivity contribution >= 4 is 0 Å². The number of phenolic OH excluding ortho intramolecular Hbond substituents is 1. The summed E-state index contributed by atoms with van der Waals surface area (Å²) < 4.78 is 4.95. The lowest BCUT2D eigenvalue weighted by Crippen LogP contribution is -2.07. The van der Waals surface area contributed by atoms with E-state index in [0.29, 0.717) is 5.75 Å². The zero-order chi connectivity index (χ0) is 8.27. The molecular weight excluding hydrogens is 142 g/mol. The minimum Gasteiger partial charge on any atom is -0.504 e. The topological polar surface area (TPSA) is 55.5 Å². The van der Waals surface area contributed by atoms with Gasteiger partial charge >= 0.3 is 0 Å². The van der Waals surface area contributed by atoms with Crippen molar-refractivity contribution in [3.05, 3.63) is 23.8 Å². The van der Waals surface area contributed by atoms with E-state index in [0.717, 1.165) is 5.56 Å². The van der Waals surface area contributed by atoms with Gasteiger partial charge in [-0.3, -0.25) is 5.73 Å². The Balaban J connectivity index is 2.93. The summed E-state index contributed by atoms with van der Waals surface area (Å²) in [6.07, 6.45) is 0. The average molecular weight is 153 g/mol. The molecule has 1 rings (SSSR count). The molecule has 0 radical (unpaired) electrons. The lowest BCUT2D eigenvalue weighted by molar-refractivity contribution is 0.309. The summed E-state index contributed by atoms with van der Waals surface area (Å²) in [5.74, 6) is 0.563. The maximum Gasteiger partial charge on any atom is 0.163 e. The predicted octanol–water partition coefficient (Wildman–Crippen LogP) is 0.996. The molecule has 60 valence electrons. The Morgan fingerprint density at radius 1 is 1.55 bits per heavy atom. The second kappa shape index (κ2) is 3.25. The van der Waals surface area contributed by atoms with Gasteiger partial charge in [0, 0.05) is 0 Å². The van der Waals surface area contributed by atoms with Gasteiger partial charge in [0.1, 0.15) is 6.73 Å². The third-order valence-electron chi connectivity index (χ3n) is 1.35. The van der Waals surface area contributed by atoms with Crippen LogP contribution in [-0.4, -0.2) is 11.8 Å². The lowest BCUT2D eigenvalue weighted by Gasteiger charge is -2.05. The Morgan fingerprint density at radius 2 is 2.27 bits per heavy atom. The van der Waals surface area contributed by atoms with Crippen LogP contribution >= 0.6 is 0 Å². The standard InChI is InChI=1S/C8H11NO2/c1-6-2-3-7(10)8(4-6)11-5-9/h2-4,10H,5,9H2,1H3. The second-order valence-corrected chi connectivity index (χ2v) is 2.28. The third-order valence-corrected chi connectivity index (χ3v) is 1.35. The smallest absolute Gasteiger partial charge is 0.163 e. The molecule has 0 unspecified atom stereocenters. The molecule has 0 fully saturated rings. The van der Waals surface area contributed by atoms with Crippen LogP contribution in [-0.2, 0) is 0 Å². The number of phenols is 1. The highest BCUT2D eigenvalue weighted by atomic mass is 16.5. The molecule has 1 aromatic rings. The monoisotopic (exact) mass is 153 g/mol. The van der Waals surface area contributed by atoms with Crippen molar-refractivity contribution in [3.8, 4) is 11.5 Å². The number of nitrogens with two attached hydrogens (primary N) is 1. The lowest BCUT2D eigenvalue weighted by atomic mass is 10.2. The molecule has 11 heavy (non-hydrogen) atoms. The number of aromatic hydroxyl groups is 1. The van der Waals surface area contributed by atoms with Crippen LogP contribution in [0.3, 0.4) is 0 Å². The van der Waals surface area contributed by atoms with Crippen LogP contribution in [0.1, 0.15) is 5.56 Å². The Labute approximate surface area is 65.4 Å². The van der Waals surface area contributed by atoms with E-state index in [1.165, 1.54) is 0 Å². The first-order valence-corrected chi connectivity index (χ1v) is 3.36. The highest BCUT2D eigenvalue weighted by Gasteiger charge is 1.99. The highest BCUT2D eigenvalue weighted by Crippen LogP contribution is 2.25. The first-order chi connectivity index (χ1) is 5.24. The van der Waals surface area contributed by atoms with Crippen LogP contribution in [0.4, 0.5) is 0 Å². The van der Waals surface area contributed by atoms with Gasteiger partial charge in [0.15, 0.2) is 11.5 Å². The molecule has 3 heteroatoms. The summed E-state index contributed by atoms with van der Waals surface area (Å²) in [5, 5.41) is 9.19. The normalized spacial score (nSPS) is 9.64. The molecule has 1 aromatic carbocycles. The van der Waals surface area contributed by atoms with Crippen LogP contribution in [0.2, 0.25) is 0 Å². The van der Waals surface area contributed by atoms with Gasteiger partial charge in [-0.25, -0.2) is 0 Å². The number of rotatable bonds is 2. The van der Waals surface area contributed by atoms with E-state index in [2.05, 4.69) is 0 Å². The summed E-state index contributed by atoms with van der Waals surface area (Å²) in [6, 6.07) is 5.13. The first kappa shape index (κ1) is 7.88. The van der Waals surface area contributed by atoms with Crippen LogP contribution in [0.5, 0.6) is 11.5 Å². The fourth-order valence-electron chi connectivity index (χ4n) is 0.827. The molecule has 0 amide bonds. The molecule has 0 spiro atoms.